The van der Waals surface area contributed by atoms with Crippen LogP contribution in [0, 0.1) is 12.7 Å². The average molecular weight is 258 g/mol. The van der Waals surface area contributed by atoms with Gasteiger partial charge in [-0.1, -0.05) is 13.0 Å². The van der Waals surface area contributed by atoms with E-state index < -0.39 is 27.8 Å². The summed E-state index contributed by atoms with van der Waals surface area (Å²) in [6.07, 6.45) is 0.302. The van der Waals surface area contributed by atoms with Gasteiger partial charge in [-0.15, -0.1) is 0 Å². The minimum atomic E-state index is -1.52. The first-order valence-electron chi connectivity index (χ1n) is 5.30. The van der Waals surface area contributed by atoms with Crippen LogP contribution in [0.3, 0.4) is 0 Å². The van der Waals surface area contributed by atoms with Gasteiger partial charge in [0.2, 0.25) is 0 Å². The maximum absolute atomic E-state index is 13.0. The van der Waals surface area contributed by atoms with Crippen molar-refractivity contribution in [2.75, 3.05) is 0 Å². The van der Waals surface area contributed by atoms with Crippen molar-refractivity contribution in [1.29, 1.82) is 0 Å². The van der Waals surface area contributed by atoms with Gasteiger partial charge in [-0.05, 0) is 36.6 Å². The van der Waals surface area contributed by atoms with E-state index in [4.69, 9.17) is 5.11 Å². The zero-order valence-electron chi connectivity index (χ0n) is 9.77. The third kappa shape index (κ3) is 3.63. The number of carboxylic acids is 1. The molecule has 1 aromatic rings. The number of halogens is 1. The van der Waals surface area contributed by atoms with E-state index in [2.05, 4.69) is 0 Å². The SMILES string of the molecule is CCC(C(=O)O)S(=O)Cc1cc(F)ccc1C. The molecule has 1 N–H and O–H groups in total. The van der Waals surface area contributed by atoms with Crippen LogP contribution in [0.1, 0.15) is 24.5 Å². The van der Waals surface area contributed by atoms with E-state index in [1.165, 1.54) is 12.1 Å². The van der Waals surface area contributed by atoms with Crippen LogP contribution in [0.15, 0.2) is 18.2 Å². The molecule has 2 unspecified atom stereocenters. The smallest absolute Gasteiger partial charge is 0.319 e. The molecule has 17 heavy (non-hydrogen) atoms. The second-order valence-electron chi connectivity index (χ2n) is 3.83. The average Bonchev–Trinajstić information content (AvgIpc) is 2.24. The lowest BCUT2D eigenvalue weighted by Crippen LogP contribution is -2.25. The lowest BCUT2D eigenvalue weighted by Gasteiger charge is -2.11. The standard InChI is InChI=1S/C12H15FO3S/c1-3-11(12(14)15)17(16)7-9-6-10(13)5-4-8(9)2/h4-6,11H,3,7H2,1-2H3,(H,14,15). The van der Waals surface area contributed by atoms with Gasteiger partial charge in [-0.3, -0.25) is 9.00 Å². The Morgan fingerprint density at radius 2 is 2.18 bits per heavy atom. The molecule has 94 valence electrons. The maximum atomic E-state index is 13.0. The number of rotatable bonds is 5. The fourth-order valence-corrected chi connectivity index (χ4v) is 2.94. The molecular weight excluding hydrogens is 243 g/mol. The molecule has 0 spiro atoms. The molecule has 3 nitrogen and oxygen atoms in total. The van der Waals surface area contributed by atoms with Gasteiger partial charge >= 0.3 is 5.97 Å². The van der Waals surface area contributed by atoms with Crippen LogP contribution >= 0.6 is 0 Å². The fourth-order valence-electron chi connectivity index (χ4n) is 1.52. The van der Waals surface area contributed by atoms with Gasteiger partial charge in [0.25, 0.3) is 0 Å². The minimum absolute atomic E-state index is 0.0778. The molecule has 1 aromatic carbocycles. The number of aliphatic carboxylic acids is 1. The van der Waals surface area contributed by atoms with Crippen LogP contribution < -0.4 is 0 Å². The van der Waals surface area contributed by atoms with Gasteiger partial charge in [-0.25, -0.2) is 4.39 Å². The highest BCUT2D eigenvalue weighted by atomic mass is 32.2. The van der Waals surface area contributed by atoms with Gasteiger partial charge in [0.1, 0.15) is 11.1 Å². The van der Waals surface area contributed by atoms with E-state index in [1.54, 1.807) is 19.9 Å². The molecule has 0 heterocycles. The molecule has 0 aliphatic heterocycles. The predicted octanol–water partition coefficient (Wildman–Crippen LogP) is 2.25. The van der Waals surface area contributed by atoms with E-state index in [1.807, 2.05) is 0 Å². The molecule has 1 rings (SSSR count). The van der Waals surface area contributed by atoms with Gasteiger partial charge in [-0.2, -0.15) is 0 Å². The number of aryl methyl sites for hydroxylation is 1. The Bertz CT molecular complexity index is 445. The second kappa shape index (κ2) is 5.91. The van der Waals surface area contributed by atoms with Crippen molar-refractivity contribution in [3.8, 4) is 0 Å². The van der Waals surface area contributed by atoms with Crippen molar-refractivity contribution >= 4 is 16.8 Å². The van der Waals surface area contributed by atoms with Crippen molar-refractivity contribution in [3.05, 3.63) is 35.1 Å². The molecule has 0 aromatic heterocycles. The first kappa shape index (κ1) is 13.8. The van der Waals surface area contributed by atoms with E-state index in [0.717, 1.165) is 5.56 Å². The quantitative estimate of drug-likeness (QED) is 0.881. The lowest BCUT2D eigenvalue weighted by molar-refractivity contribution is -0.136. The summed E-state index contributed by atoms with van der Waals surface area (Å²) in [6.45, 7) is 3.46. The molecule has 0 bridgehead atoms. The highest BCUT2D eigenvalue weighted by molar-refractivity contribution is 7.85. The van der Waals surface area contributed by atoms with Gasteiger partial charge in [0.05, 0.1) is 0 Å². The number of carboxylic acid groups (broad SMARTS) is 1. The van der Waals surface area contributed by atoms with Crippen molar-refractivity contribution in [2.45, 2.75) is 31.3 Å². The highest BCUT2D eigenvalue weighted by Crippen LogP contribution is 2.15. The first-order valence-corrected chi connectivity index (χ1v) is 6.69. The molecule has 0 amide bonds. The Morgan fingerprint density at radius 1 is 1.53 bits per heavy atom. The largest absolute Gasteiger partial charge is 0.480 e. The van der Waals surface area contributed by atoms with Crippen LogP contribution in [0.2, 0.25) is 0 Å². The van der Waals surface area contributed by atoms with Crippen molar-refractivity contribution in [2.24, 2.45) is 0 Å². The third-order valence-corrected chi connectivity index (χ3v) is 4.34. The van der Waals surface area contributed by atoms with Crippen LogP contribution in [0.5, 0.6) is 0 Å². The normalized spacial score (nSPS) is 14.3. The molecule has 0 saturated carbocycles. The third-order valence-electron chi connectivity index (χ3n) is 2.57. The Kier molecular flexibility index (Phi) is 4.81. The number of benzene rings is 1. The molecule has 0 fully saturated rings. The summed E-state index contributed by atoms with van der Waals surface area (Å²) >= 11 is 0. The van der Waals surface area contributed by atoms with E-state index in [-0.39, 0.29) is 5.75 Å². The highest BCUT2D eigenvalue weighted by Gasteiger charge is 2.23. The molecule has 0 aliphatic rings. The van der Waals surface area contributed by atoms with Crippen molar-refractivity contribution in [1.82, 2.24) is 0 Å². The summed E-state index contributed by atoms with van der Waals surface area (Å²) in [5.74, 6) is -1.39. The van der Waals surface area contributed by atoms with Crippen LogP contribution in [0.25, 0.3) is 0 Å². The zero-order chi connectivity index (χ0) is 13.0. The summed E-state index contributed by atoms with van der Waals surface area (Å²) in [6, 6.07) is 4.24. The van der Waals surface area contributed by atoms with E-state index in [0.29, 0.717) is 12.0 Å². The van der Waals surface area contributed by atoms with Gasteiger partial charge in [0, 0.05) is 16.6 Å². The monoisotopic (exact) mass is 258 g/mol. The molecule has 5 heteroatoms. The van der Waals surface area contributed by atoms with Gasteiger partial charge in [0.15, 0.2) is 0 Å². The van der Waals surface area contributed by atoms with Crippen molar-refractivity contribution in [3.63, 3.8) is 0 Å². The minimum Gasteiger partial charge on any atom is -0.480 e. The van der Waals surface area contributed by atoms with Crippen LogP contribution in [-0.4, -0.2) is 20.5 Å². The van der Waals surface area contributed by atoms with Crippen molar-refractivity contribution < 1.29 is 18.5 Å². The fraction of sp³-hybridized carbons (Fsp3) is 0.417. The van der Waals surface area contributed by atoms with E-state index >= 15 is 0 Å². The summed E-state index contributed by atoms with van der Waals surface area (Å²) < 4.78 is 24.9. The summed E-state index contributed by atoms with van der Waals surface area (Å²) in [7, 11) is -1.52. The molecule has 0 saturated heterocycles. The Morgan fingerprint density at radius 3 is 2.71 bits per heavy atom. The molecule has 0 aliphatic carbocycles. The number of hydrogen-bond donors (Lipinski definition) is 1. The Balaban J connectivity index is 2.87. The molecule has 2 atom stereocenters. The lowest BCUT2D eigenvalue weighted by atomic mass is 10.1. The summed E-state index contributed by atoms with van der Waals surface area (Å²) in [4.78, 5) is 10.8. The Labute approximate surface area is 102 Å². The maximum Gasteiger partial charge on any atom is 0.319 e. The first-order chi connectivity index (χ1) is 7.95. The molecular formula is C12H15FO3S. The summed E-state index contributed by atoms with van der Waals surface area (Å²) in [5.41, 5.74) is 1.42. The van der Waals surface area contributed by atoms with Gasteiger partial charge < -0.3 is 5.11 Å². The van der Waals surface area contributed by atoms with Crippen LogP contribution in [-0.2, 0) is 21.3 Å². The predicted molar refractivity (Wildman–Crippen MR) is 64.7 cm³/mol. The molecule has 0 radical (unpaired) electrons. The topological polar surface area (TPSA) is 54.4 Å². The number of carbonyl (C=O) groups is 1. The summed E-state index contributed by atoms with van der Waals surface area (Å²) in [5, 5.41) is 7.99. The van der Waals surface area contributed by atoms with Crippen LogP contribution in [0.4, 0.5) is 4.39 Å². The second-order valence-corrected chi connectivity index (χ2v) is 5.45. The zero-order valence-corrected chi connectivity index (χ0v) is 10.6. The van der Waals surface area contributed by atoms with E-state index in [9.17, 15) is 13.4 Å². The Hall–Kier alpha value is -1.23. The number of hydrogen-bond acceptors (Lipinski definition) is 2.